The standard InChI is InChI=1S/C18H16ClN3OS/c19-15-6-4-14(5-7-15)17-12-24-9-8-22(17)18(23)21-16-3-1-2-13(10-16)11-20/h1-7,10,17H,8-9,12H2,(H,21,23). The first-order valence-electron chi connectivity index (χ1n) is 7.58. The van der Waals surface area contributed by atoms with Crippen LogP contribution in [0.3, 0.4) is 0 Å². The zero-order valence-corrected chi connectivity index (χ0v) is 14.5. The normalized spacial score (nSPS) is 17.2. The van der Waals surface area contributed by atoms with E-state index in [-0.39, 0.29) is 12.1 Å². The van der Waals surface area contributed by atoms with E-state index >= 15 is 0 Å². The molecule has 1 saturated heterocycles. The van der Waals surface area contributed by atoms with Gasteiger partial charge in [0.15, 0.2) is 0 Å². The third-order valence-corrected chi connectivity index (χ3v) is 5.16. The Labute approximate surface area is 150 Å². The van der Waals surface area contributed by atoms with E-state index in [9.17, 15) is 4.79 Å². The van der Waals surface area contributed by atoms with Crippen LogP contribution in [0.2, 0.25) is 5.02 Å². The number of benzene rings is 2. The number of hydrogen-bond donors (Lipinski definition) is 1. The van der Waals surface area contributed by atoms with Crippen LogP contribution in [0.15, 0.2) is 48.5 Å². The molecule has 1 aliphatic rings. The van der Waals surface area contributed by atoms with Gasteiger partial charge in [0.2, 0.25) is 0 Å². The second kappa shape index (κ2) is 7.61. The van der Waals surface area contributed by atoms with Gasteiger partial charge in [-0.15, -0.1) is 0 Å². The Morgan fingerprint density at radius 3 is 2.83 bits per heavy atom. The molecule has 1 unspecified atom stereocenters. The van der Waals surface area contributed by atoms with Crippen LogP contribution in [-0.2, 0) is 0 Å². The van der Waals surface area contributed by atoms with Crippen molar-refractivity contribution < 1.29 is 4.79 Å². The number of carbonyl (C=O) groups is 1. The van der Waals surface area contributed by atoms with Crippen LogP contribution >= 0.6 is 23.4 Å². The quantitative estimate of drug-likeness (QED) is 0.858. The molecular weight excluding hydrogens is 342 g/mol. The van der Waals surface area contributed by atoms with Gasteiger partial charge in [0.05, 0.1) is 17.7 Å². The van der Waals surface area contributed by atoms with E-state index in [1.165, 1.54) is 0 Å². The predicted octanol–water partition coefficient (Wildman–Crippen LogP) is 4.53. The number of halogens is 1. The van der Waals surface area contributed by atoms with Gasteiger partial charge < -0.3 is 10.2 Å². The molecule has 1 fully saturated rings. The Bertz CT molecular complexity index is 773. The lowest BCUT2D eigenvalue weighted by molar-refractivity contribution is 0.196. The molecule has 2 aromatic rings. The first-order valence-corrected chi connectivity index (χ1v) is 9.11. The Hall–Kier alpha value is -2.16. The SMILES string of the molecule is N#Cc1cccc(NC(=O)N2CCSCC2c2ccc(Cl)cc2)c1. The van der Waals surface area contributed by atoms with Crippen molar-refractivity contribution >= 4 is 35.1 Å². The molecule has 0 bridgehead atoms. The maximum absolute atomic E-state index is 12.7. The van der Waals surface area contributed by atoms with Crippen molar-refractivity contribution in [3.8, 4) is 6.07 Å². The third-order valence-electron chi connectivity index (χ3n) is 3.89. The Morgan fingerprint density at radius 1 is 1.29 bits per heavy atom. The summed E-state index contributed by atoms with van der Waals surface area (Å²) in [5, 5.41) is 12.6. The highest BCUT2D eigenvalue weighted by molar-refractivity contribution is 7.99. The molecule has 1 heterocycles. The molecule has 0 aromatic heterocycles. The fourth-order valence-electron chi connectivity index (χ4n) is 2.67. The minimum absolute atomic E-state index is 0.0140. The van der Waals surface area contributed by atoms with E-state index in [0.29, 0.717) is 22.8 Å². The van der Waals surface area contributed by atoms with Gasteiger partial charge in [-0.2, -0.15) is 17.0 Å². The summed E-state index contributed by atoms with van der Waals surface area (Å²) in [5.74, 6) is 1.77. The molecule has 4 nitrogen and oxygen atoms in total. The molecule has 24 heavy (non-hydrogen) atoms. The summed E-state index contributed by atoms with van der Waals surface area (Å²) in [5.41, 5.74) is 2.23. The lowest BCUT2D eigenvalue weighted by atomic mass is 10.1. The first kappa shape index (κ1) is 16.7. The number of nitrogens with one attached hydrogen (secondary N) is 1. The van der Waals surface area contributed by atoms with Gasteiger partial charge in [-0.05, 0) is 35.9 Å². The largest absolute Gasteiger partial charge is 0.322 e. The van der Waals surface area contributed by atoms with Crippen molar-refractivity contribution in [3.05, 3.63) is 64.7 Å². The number of nitrogens with zero attached hydrogens (tertiary/aromatic N) is 2. The number of anilines is 1. The Morgan fingerprint density at radius 2 is 2.08 bits per heavy atom. The molecule has 6 heteroatoms. The van der Waals surface area contributed by atoms with Gasteiger partial charge in [-0.3, -0.25) is 0 Å². The van der Waals surface area contributed by atoms with Crippen molar-refractivity contribution in [3.63, 3.8) is 0 Å². The molecule has 0 radical (unpaired) electrons. The summed E-state index contributed by atoms with van der Waals surface area (Å²) in [6.45, 7) is 0.682. The molecule has 1 atom stereocenters. The van der Waals surface area contributed by atoms with Crippen LogP contribution in [0.1, 0.15) is 17.2 Å². The fourth-order valence-corrected chi connectivity index (χ4v) is 3.88. The maximum atomic E-state index is 12.7. The van der Waals surface area contributed by atoms with E-state index < -0.39 is 0 Å². The first-order chi connectivity index (χ1) is 11.7. The van der Waals surface area contributed by atoms with Crippen molar-refractivity contribution in [2.45, 2.75) is 6.04 Å². The highest BCUT2D eigenvalue weighted by atomic mass is 35.5. The second-order valence-corrected chi connectivity index (χ2v) is 7.04. The molecule has 1 N–H and O–H groups in total. The van der Waals surface area contributed by atoms with Crippen molar-refractivity contribution in [2.24, 2.45) is 0 Å². The maximum Gasteiger partial charge on any atom is 0.322 e. The molecule has 2 amide bonds. The highest BCUT2D eigenvalue weighted by Crippen LogP contribution is 2.30. The number of urea groups is 1. The van der Waals surface area contributed by atoms with E-state index in [2.05, 4.69) is 11.4 Å². The van der Waals surface area contributed by atoms with Crippen molar-refractivity contribution in [1.29, 1.82) is 5.26 Å². The van der Waals surface area contributed by atoms with E-state index in [4.69, 9.17) is 16.9 Å². The number of hydrogen-bond acceptors (Lipinski definition) is 3. The molecule has 2 aromatic carbocycles. The van der Waals surface area contributed by atoms with Crippen molar-refractivity contribution in [1.82, 2.24) is 4.90 Å². The number of amides is 2. The molecule has 1 aliphatic heterocycles. The lowest BCUT2D eigenvalue weighted by Crippen LogP contribution is -2.43. The highest BCUT2D eigenvalue weighted by Gasteiger charge is 2.28. The number of carbonyl (C=O) groups excluding carboxylic acids is 1. The monoisotopic (exact) mass is 357 g/mol. The summed E-state index contributed by atoms with van der Waals surface area (Å²) in [4.78, 5) is 14.6. The summed E-state index contributed by atoms with van der Waals surface area (Å²) >= 11 is 7.80. The van der Waals surface area contributed by atoms with Crippen LogP contribution in [0.4, 0.5) is 10.5 Å². The third kappa shape index (κ3) is 3.84. The molecule has 3 rings (SSSR count). The van der Waals surface area contributed by atoms with Crippen LogP contribution in [0, 0.1) is 11.3 Å². The summed E-state index contributed by atoms with van der Waals surface area (Å²) in [6, 6.07) is 16.5. The van der Waals surface area contributed by atoms with Crippen LogP contribution in [0.25, 0.3) is 0 Å². The molecule has 122 valence electrons. The van der Waals surface area contributed by atoms with Gasteiger partial charge in [0.25, 0.3) is 0 Å². The Kier molecular flexibility index (Phi) is 5.29. The predicted molar refractivity (Wildman–Crippen MR) is 98.4 cm³/mol. The fraction of sp³-hybridized carbons (Fsp3) is 0.222. The number of rotatable bonds is 2. The summed E-state index contributed by atoms with van der Waals surface area (Å²) in [7, 11) is 0. The minimum atomic E-state index is -0.148. The Balaban J connectivity index is 1.78. The topological polar surface area (TPSA) is 56.1 Å². The smallest absolute Gasteiger partial charge is 0.316 e. The number of thioether (sulfide) groups is 1. The van der Waals surface area contributed by atoms with E-state index in [0.717, 1.165) is 17.1 Å². The van der Waals surface area contributed by atoms with Crippen LogP contribution in [0.5, 0.6) is 0 Å². The van der Waals surface area contributed by atoms with Gasteiger partial charge in [0, 0.05) is 28.8 Å². The molecular formula is C18H16ClN3OS. The van der Waals surface area contributed by atoms with Gasteiger partial charge in [-0.25, -0.2) is 4.79 Å². The summed E-state index contributed by atoms with van der Waals surface area (Å²) in [6.07, 6.45) is 0. The summed E-state index contributed by atoms with van der Waals surface area (Å²) < 4.78 is 0. The zero-order chi connectivity index (χ0) is 16.9. The lowest BCUT2D eigenvalue weighted by Gasteiger charge is -2.35. The zero-order valence-electron chi connectivity index (χ0n) is 12.9. The molecule has 0 saturated carbocycles. The average Bonchev–Trinajstić information content (AvgIpc) is 2.62. The minimum Gasteiger partial charge on any atom is -0.316 e. The number of nitriles is 1. The van der Waals surface area contributed by atoms with Crippen LogP contribution < -0.4 is 5.32 Å². The molecule has 0 spiro atoms. The van der Waals surface area contributed by atoms with Gasteiger partial charge >= 0.3 is 6.03 Å². The van der Waals surface area contributed by atoms with Crippen molar-refractivity contribution in [2.75, 3.05) is 23.4 Å². The second-order valence-electron chi connectivity index (χ2n) is 5.46. The van der Waals surface area contributed by atoms with E-state index in [1.807, 2.05) is 40.9 Å². The van der Waals surface area contributed by atoms with Gasteiger partial charge in [-0.1, -0.05) is 29.8 Å². The molecule has 0 aliphatic carbocycles. The van der Waals surface area contributed by atoms with Crippen LogP contribution in [-0.4, -0.2) is 29.0 Å². The van der Waals surface area contributed by atoms with E-state index in [1.54, 1.807) is 24.3 Å². The average molecular weight is 358 g/mol. The van der Waals surface area contributed by atoms with Gasteiger partial charge in [0.1, 0.15) is 0 Å².